The van der Waals surface area contributed by atoms with E-state index >= 15 is 0 Å². The first-order valence-electron chi connectivity index (χ1n) is 6.45. The van der Waals surface area contributed by atoms with E-state index < -0.39 is 0 Å². The Bertz CT molecular complexity index is 623. The van der Waals surface area contributed by atoms with Crippen LogP contribution in [0.2, 0.25) is 0 Å². The molecule has 0 bridgehead atoms. The van der Waals surface area contributed by atoms with Crippen molar-refractivity contribution in [3.63, 3.8) is 0 Å². The van der Waals surface area contributed by atoms with E-state index in [2.05, 4.69) is 22.5 Å². The summed E-state index contributed by atoms with van der Waals surface area (Å²) in [5, 5.41) is 0. The molecule has 0 amide bonds. The standard InChI is InChI=1S/C17H15BrO3/c1-2-10-20-17(19)14-8-9-16(15(18)11-14)21-12-13-6-4-3-5-7-13/h2-9,11H,1,10,12H2. The number of ether oxygens (including phenoxy) is 2. The number of carbonyl (C=O) groups excluding carboxylic acids is 1. The average molecular weight is 347 g/mol. The Balaban J connectivity index is 2.02. The lowest BCUT2D eigenvalue weighted by Gasteiger charge is -2.09. The van der Waals surface area contributed by atoms with Crippen LogP contribution in [0.1, 0.15) is 15.9 Å². The Kier molecular flexibility index (Phi) is 5.58. The molecule has 0 fully saturated rings. The fourth-order valence-corrected chi connectivity index (χ4v) is 2.19. The molecule has 0 aliphatic carbocycles. The zero-order chi connectivity index (χ0) is 15.1. The molecular weight excluding hydrogens is 332 g/mol. The predicted molar refractivity (Wildman–Crippen MR) is 85.4 cm³/mol. The third-order valence-electron chi connectivity index (χ3n) is 2.74. The molecule has 2 aromatic rings. The van der Waals surface area contributed by atoms with E-state index in [0.29, 0.717) is 22.4 Å². The number of hydrogen-bond acceptors (Lipinski definition) is 3. The number of benzene rings is 2. The van der Waals surface area contributed by atoms with E-state index in [-0.39, 0.29) is 12.6 Å². The molecule has 3 nitrogen and oxygen atoms in total. The van der Waals surface area contributed by atoms with Crippen LogP contribution in [-0.4, -0.2) is 12.6 Å². The summed E-state index contributed by atoms with van der Waals surface area (Å²) < 4.78 is 11.4. The van der Waals surface area contributed by atoms with Crippen LogP contribution in [0.4, 0.5) is 0 Å². The summed E-state index contributed by atoms with van der Waals surface area (Å²) in [4.78, 5) is 11.7. The molecule has 21 heavy (non-hydrogen) atoms. The number of rotatable bonds is 6. The van der Waals surface area contributed by atoms with Crippen molar-refractivity contribution in [3.05, 3.63) is 76.8 Å². The molecule has 0 heterocycles. The fourth-order valence-electron chi connectivity index (χ4n) is 1.70. The van der Waals surface area contributed by atoms with Gasteiger partial charge in [0, 0.05) is 0 Å². The third kappa shape index (κ3) is 4.46. The third-order valence-corrected chi connectivity index (χ3v) is 3.36. The lowest BCUT2D eigenvalue weighted by molar-refractivity contribution is 0.0549. The van der Waals surface area contributed by atoms with E-state index in [1.165, 1.54) is 6.08 Å². The Morgan fingerprint density at radius 3 is 2.62 bits per heavy atom. The van der Waals surface area contributed by atoms with Crippen LogP contribution in [0.3, 0.4) is 0 Å². The molecule has 4 heteroatoms. The van der Waals surface area contributed by atoms with Crippen molar-refractivity contribution in [2.45, 2.75) is 6.61 Å². The first kappa shape index (κ1) is 15.3. The van der Waals surface area contributed by atoms with Crippen LogP contribution in [0.15, 0.2) is 65.7 Å². The van der Waals surface area contributed by atoms with Crippen LogP contribution in [0, 0.1) is 0 Å². The van der Waals surface area contributed by atoms with Crippen LogP contribution < -0.4 is 4.74 Å². The van der Waals surface area contributed by atoms with Crippen molar-refractivity contribution in [1.29, 1.82) is 0 Å². The molecular formula is C17H15BrO3. The zero-order valence-electron chi connectivity index (χ0n) is 11.4. The van der Waals surface area contributed by atoms with E-state index in [1.54, 1.807) is 18.2 Å². The molecule has 0 spiro atoms. The first-order valence-corrected chi connectivity index (χ1v) is 7.24. The van der Waals surface area contributed by atoms with Crippen LogP contribution in [0.5, 0.6) is 5.75 Å². The van der Waals surface area contributed by atoms with Gasteiger partial charge < -0.3 is 9.47 Å². The topological polar surface area (TPSA) is 35.5 Å². The van der Waals surface area contributed by atoms with Gasteiger partial charge in [0.2, 0.25) is 0 Å². The monoisotopic (exact) mass is 346 g/mol. The molecule has 0 saturated heterocycles. The molecule has 108 valence electrons. The summed E-state index contributed by atoms with van der Waals surface area (Å²) in [5.41, 5.74) is 1.55. The van der Waals surface area contributed by atoms with Gasteiger partial charge in [-0.25, -0.2) is 4.79 Å². The minimum absolute atomic E-state index is 0.197. The highest BCUT2D eigenvalue weighted by Gasteiger charge is 2.10. The molecule has 0 aliphatic rings. The highest BCUT2D eigenvalue weighted by atomic mass is 79.9. The van der Waals surface area contributed by atoms with E-state index in [9.17, 15) is 4.79 Å². The number of carbonyl (C=O) groups is 1. The summed E-state index contributed by atoms with van der Waals surface area (Å²) in [6, 6.07) is 15.0. The van der Waals surface area contributed by atoms with E-state index in [0.717, 1.165) is 5.56 Å². The van der Waals surface area contributed by atoms with Crippen molar-refractivity contribution >= 4 is 21.9 Å². The minimum atomic E-state index is -0.384. The normalized spacial score (nSPS) is 9.95. The number of halogens is 1. The molecule has 0 N–H and O–H groups in total. The second-order valence-corrected chi connectivity index (χ2v) is 5.16. The SMILES string of the molecule is C=CCOC(=O)c1ccc(OCc2ccccc2)c(Br)c1. The van der Waals surface area contributed by atoms with Crippen LogP contribution >= 0.6 is 15.9 Å². The smallest absolute Gasteiger partial charge is 0.338 e. The average Bonchev–Trinajstić information content (AvgIpc) is 2.52. The first-order chi connectivity index (χ1) is 10.2. The van der Waals surface area contributed by atoms with Gasteiger partial charge in [-0.15, -0.1) is 0 Å². The van der Waals surface area contributed by atoms with E-state index in [4.69, 9.17) is 9.47 Å². The van der Waals surface area contributed by atoms with Gasteiger partial charge in [-0.05, 0) is 39.7 Å². The second-order valence-electron chi connectivity index (χ2n) is 4.31. The van der Waals surface area contributed by atoms with Gasteiger partial charge in [0.05, 0.1) is 10.0 Å². The highest BCUT2D eigenvalue weighted by molar-refractivity contribution is 9.10. The molecule has 0 atom stereocenters. The summed E-state index contributed by atoms with van der Waals surface area (Å²) in [5.74, 6) is 0.296. The van der Waals surface area contributed by atoms with E-state index in [1.807, 2.05) is 30.3 Å². The molecule has 0 unspecified atom stereocenters. The molecule has 0 aliphatic heterocycles. The van der Waals surface area contributed by atoms with Gasteiger partial charge in [-0.1, -0.05) is 43.0 Å². The number of esters is 1. The minimum Gasteiger partial charge on any atom is -0.488 e. The van der Waals surface area contributed by atoms with Gasteiger partial charge in [0.15, 0.2) is 0 Å². The lowest BCUT2D eigenvalue weighted by Crippen LogP contribution is -2.05. The number of hydrogen-bond donors (Lipinski definition) is 0. The van der Waals surface area contributed by atoms with Gasteiger partial charge >= 0.3 is 5.97 Å². The summed E-state index contributed by atoms with van der Waals surface area (Å²) in [6.45, 7) is 4.17. The molecule has 0 aromatic heterocycles. The van der Waals surface area contributed by atoms with Gasteiger partial charge in [-0.2, -0.15) is 0 Å². The summed E-state index contributed by atoms with van der Waals surface area (Å²) in [7, 11) is 0. The van der Waals surface area contributed by atoms with Crippen molar-refractivity contribution in [2.24, 2.45) is 0 Å². The Labute approximate surface area is 132 Å². The van der Waals surface area contributed by atoms with Crippen molar-refractivity contribution in [1.82, 2.24) is 0 Å². The Morgan fingerprint density at radius 1 is 1.19 bits per heavy atom. The highest BCUT2D eigenvalue weighted by Crippen LogP contribution is 2.27. The fraction of sp³-hybridized carbons (Fsp3) is 0.118. The Morgan fingerprint density at radius 2 is 1.95 bits per heavy atom. The summed E-state index contributed by atoms with van der Waals surface area (Å²) >= 11 is 3.40. The van der Waals surface area contributed by atoms with Crippen molar-refractivity contribution in [2.75, 3.05) is 6.61 Å². The van der Waals surface area contributed by atoms with Crippen LogP contribution in [-0.2, 0) is 11.3 Å². The van der Waals surface area contributed by atoms with Gasteiger partial charge in [-0.3, -0.25) is 0 Å². The maximum absolute atomic E-state index is 11.7. The Hall–Kier alpha value is -2.07. The maximum atomic E-state index is 11.7. The maximum Gasteiger partial charge on any atom is 0.338 e. The van der Waals surface area contributed by atoms with Gasteiger partial charge in [0.25, 0.3) is 0 Å². The largest absolute Gasteiger partial charge is 0.488 e. The second kappa shape index (κ2) is 7.64. The molecule has 2 rings (SSSR count). The van der Waals surface area contributed by atoms with Crippen molar-refractivity contribution in [3.8, 4) is 5.75 Å². The quantitative estimate of drug-likeness (QED) is 0.575. The molecule has 0 saturated carbocycles. The molecule has 2 aromatic carbocycles. The molecule has 0 radical (unpaired) electrons. The van der Waals surface area contributed by atoms with Gasteiger partial charge in [0.1, 0.15) is 19.0 Å². The van der Waals surface area contributed by atoms with Crippen molar-refractivity contribution < 1.29 is 14.3 Å². The zero-order valence-corrected chi connectivity index (χ0v) is 13.0. The summed E-state index contributed by atoms with van der Waals surface area (Å²) in [6.07, 6.45) is 1.53. The lowest BCUT2D eigenvalue weighted by atomic mass is 10.2. The van der Waals surface area contributed by atoms with Crippen LogP contribution in [0.25, 0.3) is 0 Å². The predicted octanol–water partition coefficient (Wildman–Crippen LogP) is 4.37.